The third-order valence-electron chi connectivity index (χ3n) is 1.33. The predicted octanol–water partition coefficient (Wildman–Crippen LogP) is 0.852. The maximum absolute atomic E-state index is 11.0. The number of H-pyrrole nitrogens is 1. The third-order valence-corrected chi connectivity index (χ3v) is 1.33. The fraction of sp³-hybridized carbons (Fsp3) is 0.571. The Balaban J connectivity index is 2.46. The molecule has 1 rings (SSSR count). The summed E-state index contributed by atoms with van der Waals surface area (Å²) >= 11 is 0. The minimum absolute atomic E-state index is 0.0449. The fourth-order valence-electron chi connectivity index (χ4n) is 0.813. The molecule has 0 aliphatic carbocycles. The molecule has 0 fully saturated rings. The molecule has 1 heterocycles. The van der Waals surface area contributed by atoms with Gasteiger partial charge in [0.25, 0.3) is 0 Å². The molecule has 0 radical (unpaired) electrons. The van der Waals surface area contributed by atoms with Gasteiger partial charge in [-0.05, 0) is 13.3 Å². The van der Waals surface area contributed by atoms with Crippen molar-refractivity contribution in [2.24, 2.45) is 0 Å². The van der Waals surface area contributed by atoms with Gasteiger partial charge in [0, 0.05) is 6.42 Å². The molecule has 1 amide bonds. The lowest BCUT2D eigenvalue weighted by Gasteiger charge is -1.96. The molecule has 0 unspecified atom stereocenters. The van der Waals surface area contributed by atoms with Crippen molar-refractivity contribution in [2.45, 2.75) is 26.7 Å². The lowest BCUT2D eigenvalue weighted by atomic mass is 10.3. The van der Waals surface area contributed by atoms with Gasteiger partial charge in [-0.2, -0.15) is 4.98 Å². The van der Waals surface area contributed by atoms with E-state index in [1.807, 2.05) is 6.92 Å². The van der Waals surface area contributed by atoms with Gasteiger partial charge in [-0.25, -0.2) is 0 Å². The van der Waals surface area contributed by atoms with E-state index in [9.17, 15) is 4.79 Å². The van der Waals surface area contributed by atoms with Crippen LogP contribution in [0.1, 0.15) is 25.6 Å². The number of amides is 1. The van der Waals surface area contributed by atoms with E-state index in [1.54, 1.807) is 6.92 Å². The van der Waals surface area contributed by atoms with Crippen LogP contribution in [-0.4, -0.2) is 21.1 Å². The number of aryl methyl sites for hydroxylation is 1. The standard InChI is InChI=1S/C7H12N4O/c1-3-4-6(12)9-7-8-5(2)10-11-7/h3-4H2,1-2H3,(H2,8,9,10,11,12). The molecule has 5 heteroatoms. The molecule has 1 aromatic heterocycles. The Labute approximate surface area is 70.6 Å². The van der Waals surface area contributed by atoms with Crippen molar-refractivity contribution in [2.75, 3.05) is 5.32 Å². The molecule has 66 valence electrons. The summed E-state index contributed by atoms with van der Waals surface area (Å²) < 4.78 is 0. The lowest BCUT2D eigenvalue weighted by Crippen LogP contribution is -2.11. The summed E-state index contributed by atoms with van der Waals surface area (Å²) in [6.45, 7) is 3.73. The largest absolute Gasteiger partial charge is 0.293 e. The Hall–Kier alpha value is -1.39. The van der Waals surface area contributed by atoms with Crippen LogP contribution in [-0.2, 0) is 4.79 Å². The number of hydrogen-bond acceptors (Lipinski definition) is 3. The minimum Gasteiger partial charge on any atom is -0.293 e. The summed E-state index contributed by atoms with van der Waals surface area (Å²) in [5.74, 6) is 1.00. The molecule has 0 atom stereocenters. The number of nitrogens with one attached hydrogen (secondary N) is 2. The average Bonchev–Trinajstić information content (AvgIpc) is 2.36. The first-order valence-corrected chi connectivity index (χ1v) is 3.91. The van der Waals surface area contributed by atoms with Crippen molar-refractivity contribution in [3.63, 3.8) is 0 Å². The van der Waals surface area contributed by atoms with Crippen LogP contribution in [0.2, 0.25) is 0 Å². The summed E-state index contributed by atoms with van der Waals surface area (Å²) in [6.07, 6.45) is 1.34. The summed E-state index contributed by atoms with van der Waals surface area (Å²) in [7, 11) is 0. The van der Waals surface area contributed by atoms with Crippen LogP contribution in [0.3, 0.4) is 0 Å². The average molecular weight is 168 g/mol. The first kappa shape index (κ1) is 8.70. The van der Waals surface area contributed by atoms with Crippen molar-refractivity contribution >= 4 is 11.9 Å². The van der Waals surface area contributed by atoms with E-state index in [-0.39, 0.29) is 5.91 Å². The molecular weight excluding hydrogens is 156 g/mol. The Morgan fingerprint density at radius 1 is 1.67 bits per heavy atom. The highest BCUT2D eigenvalue weighted by molar-refractivity contribution is 5.88. The molecular formula is C7H12N4O. The van der Waals surface area contributed by atoms with Gasteiger partial charge in [-0.3, -0.25) is 15.2 Å². The van der Waals surface area contributed by atoms with Gasteiger partial charge in [0.2, 0.25) is 11.9 Å². The molecule has 0 saturated heterocycles. The van der Waals surface area contributed by atoms with E-state index >= 15 is 0 Å². The van der Waals surface area contributed by atoms with Gasteiger partial charge < -0.3 is 0 Å². The predicted molar refractivity (Wildman–Crippen MR) is 44.7 cm³/mol. The molecule has 0 spiro atoms. The normalized spacial score (nSPS) is 9.83. The molecule has 2 N–H and O–H groups in total. The lowest BCUT2D eigenvalue weighted by molar-refractivity contribution is -0.116. The Bertz CT molecular complexity index is 268. The van der Waals surface area contributed by atoms with E-state index in [4.69, 9.17) is 0 Å². The van der Waals surface area contributed by atoms with Gasteiger partial charge in [-0.15, -0.1) is 5.10 Å². The van der Waals surface area contributed by atoms with Crippen LogP contribution in [0.4, 0.5) is 5.95 Å². The van der Waals surface area contributed by atoms with Crippen LogP contribution in [0, 0.1) is 6.92 Å². The first-order valence-electron chi connectivity index (χ1n) is 3.91. The zero-order valence-electron chi connectivity index (χ0n) is 7.22. The van der Waals surface area contributed by atoms with Crippen molar-refractivity contribution in [1.29, 1.82) is 0 Å². The van der Waals surface area contributed by atoms with Gasteiger partial charge >= 0.3 is 0 Å². The van der Waals surface area contributed by atoms with Crippen LogP contribution < -0.4 is 5.32 Å². The molecule has 0 aromatic carbocycles. The van der Waals surface area contributed by atoms with E-state index in [1.165, 1.54) is 0 Å². The summed E-state index contributed by atoms with van der Waals surface area (Å²) in [5, 5.41) is 8.98. The SMILES string of the molecule is CCCC(=O)Nc1n[nH]c(C)n1. The molecule has 0 aliphatic rings. The second-order valence-electron chi connectivity index (χ2n) is 2.54. The number of carbonyl (C=O) groups excluding carboxylic acids is 1. The third kappa shape index (κ3) is 2.34. The second-order valence-corrected chi connectivity index (χ2v) is 2.54. The summed E-state index contributed by atoms with van der Waals surface area (Å²) in [4.78, 5) is 15.0. The van der Waals surface area contributed by atoms with E-state index in [2.05, 4.69) is 20.5 Å². The fourth-order valence-corrected chi connectivity index (χ4v) is 0.813. The first-order chi connectivity index (χ1) is 5.72. The molecule has 1 aromatic rings. The maximum atomic E-state index is 11.0. The Morgan fingerprint density at radius 3 is 2.92 bits per heavy atom. The van der Waals surface area contributed by atoms with Crippen molar-refractivity contribution in [3.8, 4) is 0 Å². The van der Waals surface area contributed by atoms with Gasteiger partial charge in [0.05, 0.1) is 0 Å². The number of aromatic nitrogens is 3. The monoisotopic (exact) mass is 168 g/mol. The zero-order valence-corrected chi connectivity index (χ0v) is 7.22. The van der Waals surface area contributed by atoms with Gasteiger partial charge in [0.1, 0.15) is 5.82 Å². The summed E-state index contributed by atoms with van der Waals surface area (Å²) in [6, 6.07) is 0. The Kier molecular flexibility index (Phi) is 2.79. The highest BCUT2D eigenvalue weighted by Gasteiger charge is 2.03. The zero-order chi connectivity index (χ0) is 8.97. The molecule has 12 heavy (non-hydrogen) atoms. The van der Waals surface area contributed by atoms with Crippen molar-refractivity contribution in [1.82, 2.24) is 15.2 Å². The number of aromatic amines is 1. The molecule has 0 aliphatic heterocycles. The van der Waals surface area contributed by atoms with E-state index in [0.29, 0.717) is 18.2 Å². The smallest absolute Gasteiger partial charge is 0.248 e. The van der Waals surface area contributed by atoms with Crippen LogP contribution in [0.15, 0.2) is 0 Å². The number of hydrogen-bond donors (Lipinski definition) is 2. The summed E-state index contributed by atoms with van der Waals surface area (Å²) in [5.41, 5.74) is 0. The van der Waals surface area contributed by atoms with Crippen molar-refractivity contribution < 1.29 is 4.79 Å². The number of rotatable bonds is 3. The second kappa shape index (κ2) is 3.85. The highest BCUT2D eigenvalue weighted by atomic mass is 16.1. The number of nitrogens with zero attached hydrogens (tertiary/aromatic N) is 2. The minimum atomic E-state index is -0.0449. The van der Waals surface area contributed by atoms with E-state index < -0.39 is 0 Å². The quantitative estimate of drug-likeness (QED) is 0.702. The number of carbonyl (C=O) groups is 1. The Morgan fingerprint density at radius 2 is 2.42 bits per heavy atom. The van der Waals surface area contributed by atoms with E-state index in [0.717, 1.165) is 6.42 Å². The van der Waals surface area contributed by atoms with Crippen LogP contribution in [0.25, 0.3) is 0 Å². The van der Waals surface area contributed by atoms with Crippen LogP contribution >= 0.6 is 0 Å². The van der Waals surface area contributed by atoms with Crippen molar-refractivity contribution in [3.05, 3.63) is 5.82 Å². The number of anilines is 1. The molecule has 0 bridgehead atoms. The highest BCUT2D eigenvalue weighted by Crippen LogP contribution is 1.98. The molecule has 0 saturated carbocycles. The van der Waals surface area contributed by atoms with Gasteiger partial charge in [0.15, 0.2) is 0 Å². The molecule has 5 nitrogen and oxygen atoms in total. The maximum Gasteiger partial charge on any atom is 0.248 e. The van der Waals surface area contributed by atoms with Gasteiger partial charge in [-0.1, -0.05) is 6.92 Å². The topological polar surface area (TPSA) is 70.7 Å². The van der Waals surface area contributed by atoms with Crippen LogP contribution in [0.5, 0.6) is 0 Å².